The first kappa shape index (κ1) is 9.71. The number of hydrogen-bond donors (Lipinski definition) is 0. The minimum Gasteiger partial charge on any atom is -0.461 e. The molecule has 0 amide bonds. The van der Waals surface area contributed by atoms with Gasteiger partial charge in [0.25, 0.3) is 0 Å². The standard InChI is InChI=1S/C11H16O3/c1-3-6-13-10(12)8-4-5-11(2)9(7-8)14-11/h3,8-9H,1,4-7H2,2H3. The van der Waals surface area contributed by atoms with E-state index < -0.39 is 0 Å². The highest BCUT2D eigenvalue weighted by atomic mass is 16.6. The molecule has 1 saturated heterocycles. The van der Waals surface area contributed by atoms with Crippen molar-refractivity contribution in [2.45, 2.75) is 37.9 Å². The van der Waals surface area contributed by atoms with E-state index in [0.717, 1.165) is 19.3 Å². The summed E-state index contributed by atoms with van der Waals surface area (Å²) in [4.78, 5) is 11.5. The van der Waals surface area contributed by atoms with Crippen LogP contribution in [0.5, 0.6) is 0 Å². The summed E-state index contributed by atoms with van der Waals surface area (Å²) in [7, 11) is 0. The second kappa shape index (κ2) is 3.39. The summed E-state index contributed by atoms with van der Waals surface area (Å²) >= 11 is 0. The van der Waals surface area contributed by atoms with Crippen molar-refractivity contribution < 1.29 is 14.3 Å². The maximum atomic E-state index is 11.5. The van der Waals surface area contributed by atoms with Crippen molar-refractivity contribution in [2.24, 2.45) is 5.92 Å². The number of hydrogen-bond acceptors (Lipinski definition) is 3. The molecule has 2 aliphatic rings. The molecule has 3 atom stereocenters. The quantitative estimate of drug-likeness (QED) is 0.391. The second-order valence-corrected chi connectivity index (χ2v) is 4.31. The largest absolute Gasteiger partial charge is 0.461 e. The van der Waals surface area contributed by atoms with Gasteiger partial charge in [-0.25, -0.2) is 0 Å². The molecule has 1 aliphatic heterocycles. The molecule has 0 N–H and O–H groups in total. The summed E-state index contributed by atoms with van der Waals surface area (Å²) in [6, 6.07) is 0. The van der Waals surface area contributed by atoms with Crippen LogP contribution in [0, 0.1) is 5.92 Å². The predicted octanol–water partition coefficient (Wildman–Crippen LogP) is 1.67. The average molecular weight is 196 g/mol. The SMILES string of the molecule is C=CCOC(=O)C1CCC2(C)OC2C1. The van der Waals surface area contributed by atoms with Crippen molar-refractivity contribution >= 4 is 5.97 Å². The van der Waals surface area contributed by atoms with Gasteiger partial charge in [0.1, 0.15) is 6.61 Å². The molecule has 3 nitrogen and oxygen atoms in total. The Hall–Kier alpha value is -0.830. The summed E-state index contributed by atoms with van der Waals surface area (Å²) in [5.41, 5.74) is 0.0786. The van der Waals surface area contributed by atoms with Crippen LogP contribution < -0.4 is 0 Å². The van der Waals surface area contributed by atoms with Crippen LogP contribution in [0.4, 0.5) is 0 Å². The van der Waals surface area contributed by atoms with E-state index in [9.17, 15) is 4.79 Å². The van der Waals surface area contributed by atoms with E-state index in [1.54, 1.807) is 6.08 Å². The summed E-state index contributed by atoms with van der Waals surface area (Å²) in [6.07, 6.45) is 4.58. The normalized spacial score (nSPS) is 39.8. The Morgan fingerprint density at radius 3 is 3.21 bits per heavy atom. The smallest absolute Gasteiger partial charge is 0.309 e. The molecule has 0 spiro atoms. The van der Waals surface area contributed by atoms with Crippen molar-refractivity contribution in [3.8, 4) is 0 Å². The molecule has 0 radical (unpaired) electrons. The van der Waals surface area contributed by atoms with E-state index >= 15 is 0 Å². The Morgan fingerprint density at radius 1 is 1.79 bits per heavy atom. The molecule has 0 aromatic heterocycles. The van der Waals surface area contributed by atoms with Crippen molar-refractivity contribution in [3.05, 3.63) is 12.7 Å². The Balaban J connectivity index is 1.82. The van der Waals surface area contributed by atoms with Gasteiger partial charge in [-0.05, 0) is 26.2 Å². The van der Waals surface area contributed by atoms with Gasteiger partial charge in [0.15, 0.2) is 0 Å². The van der Waals surface area contributed by atoms with Gasteiger partial charge in [0, 0.05) is 0 Å². The van der Waals surface area contributed by atoms with Crippen molar-refractivity contribution in [3.63, 3.8) is 0 Å². The lowest BCUT2D eigenvalue weighted by atomic mass is 9.83. The highest BCUT2D eigenvalue weighted by Gasteiger charge is 2.56. The van der Waals surface area contributed by atoms with Crippen LogP contribution in [0.3, 0.4) is 0 Å². The summed E-state index contributed by atoms with van der Waals surface area (Å²) in [5.74, 6) is -0.0574. The van der Waals surface area contributed by atoms with E-state index in [1.807, 2.05) is 0 Å². The number of epoxide rings is 1. The zero-order chi connectivity index (χ0) is 10.2. The van der Waals surface area contributed by atoms with Gasteiger partial charge in [-0.1, -0.05) is 12.7 Å². The Kier molecular flexibility index (Phi) is 2.35. The Bertz CT molecular complexity index is 261. The summed E-state index contributed by atoms with van der Waals surface area (Å²) < 4.78 is 10.5. The highest BCUT2D eigenvalue weighted by Crippen LogP contribution is 2.49. The fraction of sp³-hybridized carbons (Fsp3) is 0.727. The molecule has 0 aromatic carbocycles. The van der Waals surface area contributed by atoms with Crippen molar-refractivity contribution in [1.29, 1.82) is 0 Å². The number of esters is 1. The Morgan fingerprint density at radius 2 is 2.57 bits per heavy atom. The first-order valence-corrected chi connectivity index (χ1v) is 5.11. The maximum absolute atomic E-state index is 11.5. The van der Waals surface area contributed by atoms with Gasteiger partial charge in [-0.2, -0.15) is 0 Å². The van der Waals surface area contributed by atoms with E-state index in [2.05, 4.69) is 13.5 Å². The second-order valence-electron chi connectivity index (χ2n) is 4.31. The lowest BCUT2D eigenvalue weighted by molar-refractivity contribution is -0.148. The summed E-state index contributed by atoms with van der Waals surface area (Å²) in [6.45, 7) is 5.94. The molecule has 0 aromatic rings. The lowest BCUT2D eigenvalue weighted by Crippen LogP contribution is -2.27. The Labute approximate surface area is 84.1 Å². The fourth-order valence-corrected chi connectivity index (χ4v) is 2.12. The van der Waals surface area contributed by atoms with Gasteiger partial charge in [-0.15, -0.1) is 0 Å². The molecule has 1 saturated carbocycles. The minimum atomic E-state index is -0.0950. The van der Waals surface area contributed by atoms with Gasteiger partial charge < -0.3 is 9.47 Å². The molecule has 78 valence electrons. The number of rotatable bonds is 3. The minimum absolute atomic E-state index is 0.0375. The van der Waals surface area contributed by atoms with Crippen LogP contribution >= 0.6 is 0 Å². The van der Waals surface area contributed by atoms with E-state index in [4.69, 9.17) is 9.47 Å². The fourth-order valence-electron chi connectivity index (χ4n) is 2.12. The third kappa shape index (κ3) is 1.69. The number of ether oxygens (including phenoxy) is 2. The number of carbonyl (C=O) groups excluding carboxylic acids is 1. The molecule has 3 heteroatoms. The lowest BCUT2D eigenvalue weighted by Gasteiger charge is -2.20. The highest BCUT2D eigenvalue weighted by molar-refractivity contribution is 5.72. The molecule has 2 fully saturated rings. The first-order chi connectivity index (χ1) is 6.65. The first-order valence-electron chi connectivity index (χ1n) is 5.11. The van der Waals surface area contributed by atoms with Crippen molar-refractivity contribution in [1.82, 2.24) is 0 Å². The van der Waals surface area contributed by atoms with Crippen LogP contribution in [-0.2, 0) is 14.3 Å². The third-order valence-electron chi connectivity index (χ3n) is 3.20. The monoisotopic (exact) mass is 196 g/mol. The molecule has 1 aliphatic carbocycles. The zero-order valence-corrected chi connectivity index (χ0v) is 8.49. The zero-order valence-electron chi connectivity index (χ0n) is 8.49. The molecule has 0 bridgehead atoms. The van der Waals surface area contributed by atoms with Gasteiger partial charge in [0.05, 0.1) is 17.6 Å². The van der Waals surface area contributed by atoms with E-state index in [1.165, 1.54) is 0 Å². The molecule has 2 rings (SSSR count). The van der Waals surface area contributed by atoms with Gasteiger partial charge in [0.2, 0.25) is 0 Å². The van der Waals surface area contributed by atoms with Crippen LogP contribution in [-0.4, -0.2) is 24.3 Å². The molecular weight excluding hydrogens is 180 g/mol. The topological polar surface area (TPSA) is 38.8 Å². The van der Waals surface area contributed by atoms with Crippen molar-refractivity contribution in [2.75, 3.05) is 6.61 Å². The average Bonchev–Trinajstić information content (AvgIpc) is 2.84. The van der Waals surface area contributed by atoms with Gasteiger partial charge >= 0.3 is 5.97 Å². The molecule has 3 unspecified atom stereocenters. The maximum Gasteiger partial charge on any atom is 0.309 e. The molecule has 1 heterocycles. The molecule has 14 heavy (non-hydrogen) atoms. The van der Waals surface area contributed by atoms with Crippen LogP contribution in [0.15, 0.2) is 12.7 Å². The van der Waals surface area contributed by atoms with Gasteiger partial charge in [-0.3, -0.25) is 4.79 Å². The predicted molar refractivity (Wildman–Crippen MR) is 51.8 cm³/mol. The van der Waals surface area contributed by atoms with E-state index in [0.29, 0.717) is 6.61 Å². The number of fused-ring (bicyclic) bond motifs is 1. The van der Waals surface area contributed by atoms with E-state index in [-0.39, 0.29) is 23.6 Å². The third-order valence-corrected chi connectivity index (χ3v) is 3.20. The molecular formula is C11H16O3. The van der Waals surface area contributed by atoms with Crippen LogP contribution in [0.2, 0.25) is 0 Å². The summed E-state index contributed by atoms with van der Waals surface area (Å²) in [5, 5.41) is 0. The number of carbonyl (C=O) groups is 1. The van der Waals surface area contributed by atoms with Crippen LogP contribution in [0.25, 0.3) is 0 Å². The van der Waals surface area contributed by atoms with Crippen LogP contribution in [0.1, 0.15) is 26.2 Å².